The minimum Gasteiger partial charge on any atom is -0.389 e. The van der Waals surface area contributed by atoms with Crippen LogP contribution in [0.15, 0.2) is 12.1 Å². The van der Waals surface area contributed by atoms with E-state index in [0.717, 1.165) is 12.1 Å². The van der Waals surface area contributed by atoms with E-state index in [2.05, 4.69) is 0 Å². The number of alkyl halides is 3. The third-order valence-corrected chi connectivity index (χ3v) is 2.76. The number of benzene rings is 1. The van der Waals surface area contributed by atoms with Gasteiger partial charge in [-0.25, -0.2) is 0 Å². The Kier molecular flexibility index (Phi) is 3.53. The molecule has 0 aliphatic carbocycles. The van der Waals surface area contributed by atoms with Crippen LogP contribution in [-0.2, 0) is 6.18 Å². The molecule has 0 saturated heterocycles. The highest BCUT2D eigenvalue weighted by Crippen LogP contribution is 2.40. The third-order valence-electron chi connectivity index (χ3n) is 1.87. The van der Waals surface area contributed by atoms with Crippen LogP contribution in [0.4, 0.5) is 13.2 Å². The van der Waals surface area contributed by atoms with E-state index in [0.29, 0.717) is 0 Å². The first kappa shape index (κ1) is 12.6. The van der Waals surface area contributed by atoms with Gasteiger partial charge in [0.2, 0.25) is 0 Å². The largest absolute Gasteiger partial charge is 0.417 e. The highest BCUT2D eigenvalue weighted by Gasteiger charge is 2.34. The number of hydrogen-bond donors (Lipinski definition) is 1. The van der Waals surface area contributed by atoms with Crippen LogP contribution in [0.2, 0.25) is 10.0 Å². The van der Waals surface area contributed by atoms with Gasteiger partial charge in [-0.1, -0.05) is 29.3 Å². The van der Waals surface area contributed by atoms with Crippen LogP contribution in [0, 0.1) is 0 Å². The molecule has 1 aromatic carbocycles. The fourth-order valence-corrected chi connectivity index (χ4v) is 1.71. The highest BCUT2D eigenvalue weighted by molar-refractivity contribution is 6.43. The van der Waals surface area contributed by atoms with Gasteiger partial charge in [0.25, 0.3) is 0 Å². The van der Waals surface area contributed by atoms with Gasteiger partial charge in [0.05, 0.1) is 21.7 Å². The summed E-state index contributed by atoms with van der Waals surface area (Å²) in [4.78, 5) is 0. The number of rotatable bonds is 1. The molecule has 0 spiro atoms. The predicted molar refractivity (Wildman–Crippen MR) is 52.1 cm³/mol. The minimum atomic E-state index is -4.54. The van der Waals surface area contributed by atoms with Gasteiger partial charge in [0.1, 0.15) is 0 Å². The lowest BCUT2D eigenvalue weighted by Gasteiger charge is -2.14. The molecule has 1 N–H and O–H groups in total. The first-order valence-electron chi connectivity index (χ1n) is 3.98. The van der Waals surface area contributed by atoms with Gasteiger partial charge in [0, 0.05) is 5.56 Å². The van der Waals surface area contributed by atoms with E-state index in [1.165, 1.54) is 6.92 Å². The molecule has 84 valence electrons. The third kappa shape index (κ3) is 2.56. The van der Waals surface area contributed by atoms with Crippen molar-refractivity contribution in [3.63, 3.8) is 0 Å². The molecule has 0 bridgehead atoms. The lowest BCUT2D eigenvalue weighted by molar-refractivity contribution is -0.137. The topological polar surface area (TPSA) is 20.2 Å². The molecule has 1 atom stereocenters. The van der Waals surface area contributed by atoms with Gasteiger partial charge in [-0.3, -0.25) is 0 Å². The van der Waals surface area contributed by atoms with Crippen LogP contribution in [0.25, 0.3) is 0 Å². The molecule has 1 nitrogen and oxygen atoms in total. The standard InChI is InChI=1S/C9H7Cl2F3O/c1-4(15)5-2-3-6(9(12,13)14)8(11)7(5)10/h2-4,15H,1H3. The van der Waals surface area contributed by atoms with Crippen molar-refractivity contribution < 1.29 is 18.3 Å². The van der Waals surface area contributed by atoms with Crippen LogP contribution in [-0.4, -0.2) is 5.11 Å². The maximum Gasteiger partial charge on any atom is 0.417 e. The molecule has 1 unspecified atom stereocenters. The zero-order valence-corrected chi connectivity index (χ0v) is 9.08. The molecule has 6 heteroatoms. The van der Waals surface area contributed by atoms with Gasteiger partial charge in [0.15, 0.2) is 0 Å². The molecule has 15 heavy (non-hydrogen) atoms. The summed E-state index contributed by atoms with van der Waals surface area (Å²) in [5, 5.41) is 8.35. The lowest BCUT2D eigenvalue weighted by Crippen LogP contribution is -2.07. The van der Waals surface area contributed by atoms with Gasteiger partial charge in [-0.15, -0.1) is 0 Å². The van der Waals surface area contributed by atoms with E-state index in [1.807, 2.05) is 0 Å². The van der Waals surface area contributed by atoms with E-state index in [4.69, 9.17) is 23.2 Å². The van der Waals surface area contributed by atoms with E-state index >= 15 is 0 Å². The van der Waals surface area contributed by atoms with Gasteiger partial charge < -0.3 is 5.11 Å². The van der Waals surface area contributed by atoms with Gasteiger partial charge in [-0.05, 0) is 13.0 Å². The van der Waals surface area contributed by atoms with Gasteiger partial charge in [-0.2, -0.15) is 13.2 Å². The summed E-state index contributed by atoms with van der Waals surface area (Å²) in [5.41, 5.74) is -0.826. The van der Waals surface area contributed by atoms with Crippen LogP contribution < -0.4 is 0 Å². The lowest BCUT2D eigenvalue weighted by atomic mass is 10.1. The number of hydrogen-bond acceptors (Lipinski definition) is 1. The first-order chi connectivity index (χ1) is 6.75. The second kappa shape index (κ2) is 4.20. The molecular formula is C9H7Cl2F3O. The zero-order valence-electron chi connectivity index (χ0n) is 7.57. The molecule has 0 saturated carbocycles. The van der Waals surface area contributed by atoms with E-state index < -0.39 is 22.9 Å². The quantitative estimate of drug-likeness (QED) is 0.806. The fraction of sp³-hybridized carbons (Fsp3) is 0.333. The van der Waals surface area contributed by atoms with Crippen LogP contribution >= 0.6 is 23.2 Å². The molecule has 0 aliphatic rings. The Bertz CT molecular complexity index is 374. The Morgan fingerprint density at radius 3 is 2.13 bits per heavy atom. The van der Waals surface area contributed by atoms with Crippen molar-refractivity contribution in [3.8, 4) is 0 Å². The van der Waals surface area contributed by atoms with Crippen molar-refractivity contribution >= 4 is 23.2 Å². The van der Waals surface area contributed by atoms with Crippen molar-refractivity contribution in [2.24, 2.45) is 0 Å². The zero-order chi connectivity index (χ0) is 11.8. The molecule has 0 heterocycles. The second-order valence-electron chi connectivity index (χ2n) is 3.00. The van der Waals surface area contributed by atoms with Crippen molar-refractivity contribution in [1.82, 2.24) is 0 Å². The van der Waals surface area contributed by atoms with Crippen LogP contribution in [0.3, 0.4) is 0 Å². The maximum atomic E-state index is 12.4. The molecular weight excluding hydrogens is 252 g/mol. The van der Waals surface area contributed by atoms with E-state index in [-0.39, 0.29) is 10.6 Å². The van der Waals surface area contributed by atoms with Crippen molar-refractivity contribution in [1.29, 1.82) is 0 Å². The molecule has 1 rings (SSSR count). The first-order valence-corrected chi connectivity index (χ1v) is 4.74. The smallest absolute Gasteiger partial charge is 0.389 e. The molecule has 0 aromatic heterocycles. The van der Waals surface area contributed by atoms with Crippen molar-refractivity contribution in [3.05, 3.63) is 33.3 Å². The summed E-state index contributed by atoms with van der Waals surface area (Å²) < 4.78 is 37.1. The monoisotopic (exact) mass is 258 g/mol. The molecule has 0 fully saturated rings. The Balaban J connectivity index is 3.34. The van der Waals surface area contributed by atoms with Crippen LogP contribution in [0.1, 0.15) is 24.2 Å². The minimum absolute atomic E-state index is 0.176. The molecule has 0 radical (unpaired) electrons. The van der Waals surface area contributed by atoms with E-state index in [1.54, 1.807) is 0 Å². The average molecular weight is 259 g/mol. The summed E-state index contributed by atoms with van der Waals surface area (Å²) in [7, 11) is 0. The summed E-state index contributed by atoms with van der Waals surface area (Å²) in [6, 6.07) is 1.91. The highest BCUT2D eigenvalue weighted by atomic mass is 35.5. The average Bonchev–Trinajstić information content (AvgIpc) is 2.06. The molecule has 0 aliphatic heterocycles. The SMILES string of the molecule is CC(O)c1ccc(C(F)(F)F)c(Cl)c1Cl. The number of halogens is 5. The Hall–Kier alpha value is -0.450. The summed E-state index contributed by atoms with van der Waals surface area (Å²) in [5.74, 6) is 0. The van der Waals surface area contributed by atoms with E-state index in [9.17, 15) is 18.3 Å². The molecule has 0 amide bonds. The van der Waals surface area contributed by atoms with Crippen LogP contribution in [0.5, 0.6) is 0 Å². The Labute approximate surface area is 94.4 Å². The normalized spacial score (nSPS) is 14.1. The summed E-state index contributed by atoms with van der Waals surface area (Å²) >= 11 is 11.1. The Morgan fingerprint density at radius 1 is 1.20 bits per heavy atom. The maximum absolute atomic E-state index is 12.4. The number of aliphatic hydroxyl groups excluding tert-OH is 1. The summed E-state index contributed by atoms with van der Waals surface area (Å²) in [6.07, 6.45) is -5.50. The predicted octanol–water partition coefficient (Wildman–Crippen LogP) is 4.07. The Morgan fingerprint density at radius 2 is 1.73 bits per heavy atom. The van der Waals surface area contributed by atoms with Crippen molar-refractivity contribution in [2.75, 3.05) is 0 Å². The van der Waals surface area contributed by atoms with Gasteiger partial charge >= 0.3 is 6.18 Å². The van der Waals surface area contributed by atoms with Crippen molar-refractivity contribution in [2.45, 2.75) is 19.2 Å². The molecule has 1 aromatic rings. The fourth-order valence-electron chi connectivity index (χ4n) is 1.11. The summed E-state index contributed by atoms with van der Waals surface area (Å²) in [6.45, 7) is 1.39. The number of aliphatic hydroxyl groups is 1. The second-order valence-corrected chi connectivity index (χ2v) is 3.76.